The number of carbonyl (C=O) groups is 2. The van der Waals surface area contributed by atoms with Crippen molar-refractivity contribution >= 4 is 46.3 Å². The van der Waals surface area contributed by atoms with Gasteiger partial charge in [-0.1, -0.05) is 25.4 Å². The molecule has 0 atom stereocenters. The number of rotatable bonds is 4. The van der Waals surface area contributed by atoms with Crippen LogP contribution in [0.3, 0.4) is 0 Å². The molecule has 0 radical (unpaired) electrons. The number of nitrogens with zero attached hydrogens (tertiary/aromatic N) is 5. The average molecular weight is 431 g/mol. The van der Waals surface area contributed by atoms with Crippen LogP contribution in [0.25, 0.3) is 10.6 Å². The third kappa shape index (κ3) is 3.75. The third-order valence-corrected chi connectivity index (χ3v) is 5.91. The van der Waals surface area contributed by atoms with E-state index in [0.717, 1.165) is 12.0 Å². The standard InChI is InChI=1S/C19H19ClN6O2S/c1-19(2)5-7-26(18(19)28)15-12(9-25(3)24-15)22-16(27)13-10-29-17(23-13)11-4-6-21-14(20)8-11/h4,6,8-10H,5,7H2,1-3H3,(H,22,27). The summed E-state index contributed by atoms with van der Waals surface area (Å²) in [6.45, 7) is 4.40. The monoisotopic (exact) mass is 430 g/mol. The zero-order chi connectivity index (χ0) is 20.8. The lowest BCUT2D eigenvalue weighted by Gasteiger charge is -2.18. The van der Waals surface area contributed by atoms with E-state index in [2.05, 4.69) is 20.4 Å². The van der Waals surface area contributed by atoms with Gasteiger partial charge >= 0.3 is 0 Å². The Morgan fingerprint density at radius 2 is 2.17 bits per heavy atom. The van der Waals surface area contributed by atoms with E-state index in [-0.39, 0.29) is 17.5 Å². The van der Waals surface area contributed by atoms with Gasteiger partial charge in [0.1, 0.15) is 21.5 Å². The number of amides is 2. The number of carbonyl (C=O) groups excluding carboxylic acids is 2. The average Bonchev–Trinajstić information content (AvgIpc) is 3.35. The quantitative estimate of drug-likeness (QED) is 0.638. The number of aryl methyl sites for hydroxylation is 1. The summed E-state index contributed by atoms with van der Waals surface area (Å²) in [7, 11) is 1.75. The van der Waals surface area contributed by atoms with E-state index in [1.165, 1.54) is 11.3 Å². The van der Waals surface area contributed by atoms with Crippen molar-refractivity contribution in [2.24, 2.45) is 12.5 Å². The predicted octanol–water partition coefficient (Wildman–Crippen LogP) is 3.61. The highest BCUT2D eigenvalue weighted by Crippen LogP contribution is 2.36. The van der Waals surface area contributed by atoms with Gasteiger partial charge in [-0.2, -0.15) is 5.10 Å². The maximum atomic E-state index is 12.8. The first-order valence-electron chi connectivity index (χ1n) is 8.99. The van der Waals surface area contributed by atoms with Gasteiger partial charge in [-0.15, -0.1) is 11.3 Å². The third-order valence-electron chi connectivity index (χ3n) is 4.81. The summed E-state index contributed by atoms with van der Waals surface area (Å²) in [6.07, 6.45) is 4.01. The van der Waals surface area contributed by atoms with Crippen molar-refractivity contribution in [2.75, 3.05) is 16.8 Å². The van der Waals surface area contributed by atoms with Gasteiger partial charge in [-0.05, 0) is 18.6 Å². The van der Waals surface area contributed by atoms with Crippen LogP contribution in [0.15, 0.2) is 29.9 Å². The number of thiazole rings is 1. The minimum atomic E-state index is -0.436. The molecule has 29 heavy (non-hydrogen) atoms. The smallest absolute Gasteiger partial charge is 0.275 e. The highest BCUT2D eigenvalue weighted by Gasteiger charge is 2.41. The molecule has 150 valence electrons. The number of nitrogens with one attached hydrogen (secondary N) is 1. The normalized spacial score (nSPS) is 15.7. The van der Waals surface area contributed by atoms with Crippen LogP contribution in [0.2, 0.25) is 5.15 Å². The van der Waals surface area contributed by atoms with Crippen LogP contribution in [0.4, 0.5) is 11.5 Å². The van der Waals surface area contributed by atoms with Crippen molar-refractivity contribution in [1.82, 2.24) is 19.7 Å². The summed E-state index contributed by atoms with van der Waals surface area (Å²) in [6, 6.07) is 3.48. The second-order valence-corrected chi connectivity index (χ2v) is 8.74. The number of aromatic nitrogens is 4. The zero-order valence-electron chi connectivity index (χ0n) is 16.1. The number of pyridine rings is 1. The van der Waals surface area contributed by atoms with Crippen LogP contribution in [0, 0.1) is 5.41 Å². The molecule has 0 bridgehead atoms. The van der Waals surface area contributed by atoms with Gasteiger partial charge in [0, 0.05) is 36.1 Å². The van der Waals surface area contributed by atoms with E-state index >= 15 is 0 Å². The Kier molecular flexibility index (Phi) is 4.87. The summed E-state index contributed by atoms with van der Waals surface area (Å²) < 4.78 is 1.58. The van der Waals surface area contributed by atoms with Crippen molar-refractivity contribution in [3.05, 3.63) is 40.8 Å². The summed E-state index contributed by atoms with van der Waals surface area (Å²) in [4.78, 5) is 35.4. The van der Waals surface area contributed by atoms with Gasteiger partial charge in [0.2, 0.25) is 5.91 Å². The summed E-state index contributed by atoms with van der Waals surface area (Å²) >= 11 is 7.27. The number of hydrogen-bond acceptors (Lipinski definition) is 6. The van der Waals surface area contributed by atoms with E-state index in [1.54, 1.807) is 46.5 Å². The van der Waals surface area contributed by atoms with Gasteiger partial charge < -0.3 is 5.32 Å². The Bertz CT molecular complexity index is 1110. The Labute approximate surface area is 176 Å². The molecule has 3 aromatic rings. The lowest BCUT2D eigenvalue weighted by Crippen LogP contribution is -2.32. The maximum Gasteiger partial charge on any atom is 0.275 e. The predicted molar refractivity (Wildman–Crippen MR) is 112 cm³/mol. The molecule has 1 aliphatic heterocycles. The molecule has 4 heterocycles. The fourth-order valence-electron chi connectivity index (χ4n) is 3.16. The lowest BCUT2D eigenvalue weighted by molar-refractivity contribution is -0.124. The highest BCUT2D eigenvalue weighted by atomic mass is 35.5. The molecule has 0 aliphatic carbocycles. The Hall–Kier alpha value is -2.78. The highest BCUT2D eigenvalue weighted by molar-refractivity contribution is 7.13. The van der Waals surface area contributed by atoms with Crippen molar-refractivity contribution in [2.45, 2.75) is 20.3 Å². The van der Waals surface area contributed by atoms with Crippen LogP contribution in [-0.2, 0) is 11.8 Å². The Morgan fingerprint density at radius 3 is 2.86 bits per heavy atom. The van der Waals surface area contributed by atoms with Gasteiger partial charge in [0.25, 0.3) is 5.91 Å². The van der Waals surface area contributed by atoms with Crippen LogP contribution >= 0.6 is 22.9 Å². The molecule has 1 N–H and O–H groups in total. The van der Waals surface area contributed by atoms with Crippen molar-refractivity contribution in [1.29, 1.82) is 0 Å². The molecule has 0 unspecified atom stereocenters. The SMILES string of the molecule is Cn1cc(NC(=O)c2csc(-c3ccnc(Cl)c3)n2)c(N2CCC(C)(C)C2=O)n1. The molecule has 1 aliphatic rings. The molecule has 8 nitrogen and oxygen atoms in total. The Morgan fingerprint density at radius 1 is 1.38 bits per heavy atom. The Balaban J connectivity index is 1.56. The molecule has 2 amide bonds. The summed E-state index contributed by atoms with van der Waals surface area (Å²) in [5, 5.41) is 9.94. The molecule has 1 saturated heterocycles. The van der Waals surface area contributed by atoms with Crippen molar-refractivity contribution < 1.29 is 9.59 Å². The lowest BCUT2D eigenvalue weighted by atomic mass is 9.92. The van der Waals surface area contributed by atoms with Crippen molar-refractivity contribution in [3.8, 4) is 10.6 Å². The molecule has 0 aromatic carbocycles. The molecular formula is C19H19ClN6O2S. The molecule has 10 heteroatoms. The minimum Gasteiger partial charge on any atom is -0.316 e. The number of anilines is 2. The summed E-state index contributed by atoms with van der Waals surface area (Å²) in [5.74, 6) is 0.0813. The van der Waals surface area contributed by atoms with Gasteiger partial charge in [0.15, 0.2) is 5.82 Å². The van der Waals surface area contributed by atoms with Gasteiger partial charge in [-0.3, -0.25) is 19.2 Å². The molecule has 0 spiro atoms. The number of halogens is 1. The number of hydrogen-bond donors (Lipinski definition) is 1. The minimum absolute atomic E-state index is 0.00258. The summed E-state index contributed by atoms with van der Waals surface area (Å²) in [5.41, 5.74) is 1.11. The van der Waals surface area contributed by atoms with E-state index in [4.69, 9.17) is 11.6 Å². The van der Waals surface area contributed by atoms with Gasteiger partial charge in [0.05, 0.1) is 6.20 Å². The van der Waals surface area contributed by atoms with E-state index in [9.17, 15) is 9.59 Å². The largest absolute Gasteiger partial charge is 0.316 e. The topological polar surface area (TPSA) is 93.0 Å². The van der Waals surface area contributed by atoms with E-state index in [1.807, 2.05) is 13.8 Å². The van der Waals surface area contributed by atoms with Crippen LogP contribution < -0.4 is 10.2 Å². The molecular weight excluding hydrogens is 412 g/mol. The second-order valence-electron chi connectivity index (χ2n) is 7.49. The van der Waals surface area contributed by atoms with Gasteiger partial charge in [-0.25, -0.2) is 9.97 Å². The first-order valence-corrected chi connectivity index (χ1v) is 10.2. The fraction of sp³-hybridized carbons (Fsp3) is 0.316. The fourth-order valence-corrected chi connectivity index (χ4v) is 4.13. The molecule has 1 fully saturated rings. The molecule has 3 aromatic heterocycles. The molecule has 4 rings (SSSR count). The van der Waals surface area contributed by atoms with E-state index < -0.39 is 5.41 Å². The second kappa shape index (κ2) is 7.23. The zero-order valence-corrected chi connectivity index (χ0v) is 17.7. The van der Waals surface area contributed by atoms with Crippen LogP contribution in [0.5, 0.6) is 0 Å². The molecule has 0 saturated carbocycles. The van der Waals surface area contributed by atoms with Crippen molar-refractivity contribution in [3.63, 3.8) is 0 Å². The van der Waals surface area contributed by atoms with Crippen LogP contribution in [-0.4, -0.2) is 38.1 Å². The van der Waals surface area contributed by atoms with E-state index in [0.29, 0.717) is 28.2 Å². The first-order chi connectivity index (χ1) is 13.7. The maximum absolute atomic E-state index is 12.8. The van der Waals surface area contributed by atoms with Crippen LogP contribution in [0.1, 0.15) is 30.8 Å². The first kappa shape index (κ1) is 19.5.